The van der Waals surface area contributed by atoms with Gasteiger partial charge in [0.25, 0.3) is 0 Å². The Morgan fingerprint density at radius 2 is 2.04 bits per heavy atom. The first-order valence-electron chi connectivity index (χ1n) is 9.26. The number of nitrogens with zero attached hydrogens (tertiary/aromatic N) is 2. The predicted molar refractivity (Wildman–Crippen MR) is 101 cm³/mol. The number of imidazole rings is 1. The van der Waals surface area contributed by atoms with Gasteiger partial charge in [-0.2, -0.15) is 0 Å². The lowest BCUT2D eigenvalue weighted by Gasteiger charge is -2.32. The number of benzene rings is 2. The number of halogens is 1. The van der Waals surface area contributed by atoms with Crippen molar-refractivity contribution in [2.24, 2.45) is 0 Å². The third-order valence-corrected chi connectivity index (χ3v) is 5.19. The van der Waals surface area contributed by atoms with Crippen molar-refractivity contribution < 1.29 is 14.3 Å². The first kappa shape index (κ1) is 17.7. The van der Waals surface area contributed by atoms with Crippen molar-refractivity contribution in [1.82, 2.24) is 14.9 Å². The zero-order valence-corrected chi connectivity index (χ0v) is 14.9. The van der Waals surface area contributed by atoms with E-state index in [1.165, 1.54) is 24.3 Å². The number of aromatic amines is 1. The number of hydrogen-bond donors (Lipinski definition) is 2. The lowest BCUT2D eigenvalue weighted by molar-refractivity contribution is -0.134. The zero-order chi connectivity index (χ0) is 18.8. The van der Waals surface area contributed by atoms with Gasteiger partial charge < -0.3 is 15.0 Å². The van der Waals surface area contributed by atoms with Gasteiger partial charge in [-0.1, -0.05) is 24.3 Å². The highest BCUT2D eigenvalue weighted by Gasteiger charge is 2.28. The molecule has 0 aliphatic carbocycles. The number of carbonyl (C=O) groups is 1. The number of likely N-dealkylation sites (tertiary alicyclic amines) is 1. The van der Waals surface area contributed by atoms with Gasteiger partial charge in [0.1, 0.15) is 11.6 Å². The van der Waals surface area contributed by atoms with Gasteiger partial charge in [0.2, 0.25) is 5.91 Å². The number of hydrogen-bond acceptors (Lipinski definition) is 3. The molecule has 0 spiro atoms. The Morgan fingerprint density at radius 1 is 1.26 bits per heavy atom. The maximum Gasteiger partial charge on any atom is 0.225 e. The molecule has 1 amide bonds. The molecular formula is C21H22FN3O2. The molecule has 5 nitrogen and oxygen atoms in total. The van der Waals surface area contributed by atoms with Crippen LogP contribution in [0.15, 0.2) is 48.5 Å². The summed E-state index contributed by atoms with van der Waals surface area (Å²) in [4.78, 5) is 22.5. The highest BCUT2D eigenvalue weighted by atomic mass is 19.1. The molecule has 1 fully saturated rings. The summed E-state index contributed by atoms with van der Waals surface area (Å²) in [5.41, 5.74) is 2.49. The van der Waals surface area contributed by atoms with Gasteiger partial charge >= 0.3 is 0 Å². The molecule has 2 aromatic carbocycles. The Kier molecular flexibility index (Phi) is 4.90. The third kappa shape index (κ3) is 3.85. The maximum absolute atomic E-state index is 13.0. The lowest BCUT2D eigenvalue weighted by Crippen LogP contribution is -2.39. The summed E-state index contributed by atoms with van der Waals surface area (Å²) in [5, 5.41) is 10.3. The van der Waals surface area contributed by atoms with Crippen LogP contribution in [0.2, 0.25) is 0 Å². The van der Waals surface area contributed by atoms with E-state index in [-0.39, 0.29) is 24.1 Å². The van der Waals surface area contributed by atoms with Crippen molar-refractivity contribution in [2.45, 2.75) is 31.3 Å². The Hall–Kier alpha value is -2.73. The molecule has 1 aliphatic rings. The van der Waals surface area contributed by atoms with Crippen molar-refractivity contribution in [3.63, 3.8) is 0 Å². The second kappa shape index (κ2) is 7.48. The summed E-state index contributed by atoms with van der Waals surface area (Å²) in [6.45, 7) is 1.28. The van der Waals surface area contributed by atoms with Crippen molar-refractivity contribution >= 4 is 16.9 Å². The Labute approximate surface area is 156 Å². The number of nitrogens with one attached hydrogen (secondary N) is 1. The zero-order valence-electron chi connectivity index (χ0n) is 14.9. The average molecular weight is 367 g/mol. The second-order valence-corrected chi connectivity index (χ2v) is 7.09. The van der Waals surface area contributed by atoms with Crippen LogP contribution in [0.25, 0.3) is 11.0 Å². The van der Waals surface area contributed by atoms with E-state index in [4.69, 9.17) is 0 Å². The standard InChI is InChI=1S/C21H22FN3O2/c22-16-9-7-14(8-10-16)19(26)12-20(27)25-11-3-4-15(13-25)21-23-17-5-1-2-6-18(17)24-21/h1-2,5-10,15,19,26H,3-4,11-13H2,(H,23,24). The van der Waals surface area contributed by atoms with Gasteiger partial charge in [0, 0.05) is 19.0 Å². The number of piperidine rings is 1. The van der Waals surface area contributed by atoms with Gasteiger partial charge in [-0.3, -0.25) is 4.79 Å². The maximum atomic E-state index is 13.0. The van der Waals surface area contributed by atoms with Crippen LogP contribution in [-0.4, -0.2) is 39.0 Å². The summed E-state index contributed by atoms with van der Waals surface area (Å²) in [6.07, 6.45) is 0.951. The number of H-pyrrole nitrogens is 1. The number of fused-ring (bicyclic) bond motifs is 1. The summed E-state index contributed by atoms with van der Waals surface area (Å²) in [7, 11) is 0. The van der Waals surface area contributed by atoms with Crippen LogP contribution in [-0.2, 0) is 4.79 Å². The molecule has 2 heterocycles. The summed E-state index contributed by atoms with van der Waals surface area (Å²) >= 11 is 0. The van der Waals surface area contributed by atoms with E-state index in [0.29, 0.717) is 18.7 Å². The van der Waals surface area contributed by atoms with Crippen LogP contribution in [0.3, 0.4) is 0 Å². The van der Waals surface area contributed by atoms with Gasteiger partial charge in [-0.15, -0.1) is 0 Å². The molecule has 0 radical (unpaired) electrons. The number of aliphatic hydroxyl groups is 1. The lowest BCUT2D eigenvalue weighted by atomic mass is 9.96. The van der Waals surface area contributed by atoms with E-state index in [0.717, 1.165) is 29.7 Å². The van der Waals surface area contributed by atoms with Gasteiger partial charge in [0.15, 0.2) is 0 Å². The fourth-order valence-corrected chi connectivity index (χ4v) is 3.69. The van der Waals surface area contributed by atoms with Crippen LogP contribution in [0.5, 0.6) is 0 Å². The Bertz CT molecular complexity index is 905. The minimum Gasteiger partial charge on any atom is -0.388 e. The van der Waals surface area contributed by atoms with E-state index in [1.807, 2.05) is 24.3 Å². The van der Waals surface area contributed by atoms with Crippen LogP contribution in [0.1, 0.15) is 42.7 Å². The third-order valence-electron chi connectivity index (χ3n) is 5.19. The molecule has 1 aromatic heterocycles. The summed E-state index contributed by atoms with van der Waals surface area (Å²) < 4.78 is 13.0. The fraction of sp³-hybridized carbons (Fsp3) is 0.333. The molecule has 2 N–H and O–H groups in total. The largest absolute Gasteiger partial charge is 0.388 e. The molecule has 0 bridgehead atoms. The molecule has 4 rings (SSSR count). The molecule has 3 aromatic rings. The second-order valence-electron chi connectivity index (χ2n) is 7.09. The van der Waals surface area contributed by atoms with Crippen LogP contribution in [0, 0.1) is 5.82 Å². The van der Waals surface area contributed by atoms with Crippen molar-refractivity contribution in [1.29, 1.82) is 0 Å². The monoisotopic (exact) mass is 367 g/mol. The Balaban J connectivity index is 1.42. The molecule has 6 heteroatoms. The molecule has 2 atom stereocenters. The van der Waals surface area contributed by atoms with E-state index in [2.05, 4.69) is 9.97 Å². The van der Waals surface area contributed by atoms with Gasteiger partial charge in [-0.25, -0.2) is 9.37 Å². The molecule has 27 heavy (non-hydrogen) atoms. The highest BCUT2D eigenvalue weighted by Crippen LogP contribution is 2.28. The van der Waals surface area contributed by atoms with Crippen molar-refractivity contribution in [3.05, 3.63) is 65.7 Å². The molecule has 0 saturated carbocycles. The number of carbonyl (C=O) groups excluding carboxylic acids is 1. The number of para-hydroxylation sites is 2. The van der Waals surface area contributed by atoms with Crippen molar-refractivity contribution in [2.75, 3.05) is 13.1 Å². The quantitative estimate of drug-likeness (QED) is 0.741. The molecule has 1 saturated heterocycles. The van der Waals surface area contributed by atoms with Crippen LogP contribution < -0.4 is 0 Å². The van der Waals surface area contributed by atoms with E-state index in [9.17, 15) is 14.3 Å². The molecule has 2 unspecified atom stereocenters. The smallest absolute Gasteiger partial charge is 0.225 e. The van der Waals surface area contributed by atoms with Gasteiger partial charge in [0.05, 0.1) is 23.6 Å². The van der Waals surface area contributed by atoms with Crippen LogP contribution >= 0.6 is 0 Å². The number of amides is 1. The number of aliphatic hydroxyl groups excluding tert-OH is 1. The SMILES string of the molecule is O=C(CC(O)c1ccc(F)cc1)N1CCCC(c2nc3ccccc3[nH]2)C1. The number of aromatic nitrogens is 2. The topological polar surface area (TPSA) is 69.2 Å². The Morgan fingerprint density at radius 3 is 2.81 bits per heavy atom. The van der Waals surface area contributed by atoms with Gasteiger partial charge in [-0.05, 0) is 42.7 Å². The van der Waals surface area contributed by atoms with Crippen molar-refractivity contribution in [3.8, 4) is 0 Å². The van der Waals surface area contributed by atoms with E-state index < -0.39 is 6.10 Å². The van der Waals surface area contributed by atoms with Crippen LogP contribution in [0.4, 0.5) is 4.39 Å². The van der Waals surface area contributed by atoms with E-state index >= 15 is 0 Å². The minimum absolute atomic E-state index is 0.00151. The molecule has 1 aliphatic heterocycles. The average Bonchev–Trinajstić information content (AvgIpc) is 3.13. The molecular weight excluding hydrogens is 345 g/mol. The normalized spacial score (nSPS) is 18.6. The first-order valence-corrected chi connectivity index (χ1v) is 9.26. The molecule has 140 valence electrons. The summed E-state index contributed by atoms with van der Waals surface area (Å²) in [6, 6.07) is 13.5. The summed E-state index contributed by atoms with van der Waals surface area (Å²) in [5.74, 6) is 0.625. The predicted octanol–water partition coefficient (Wildman–Crippen LogP) is 3.53. The van der Waals surface area contributed by atoms with E-state index in [1.54, 1.807) is 4.90 Å². The first-order chi connectivity index (χ1) is 13.1. The highest BCUT2D eigenvalue weighted by molar-refractivity contribution is 5.77. The fourth-order valence-electron chi connectivity index (χ4n) is 3.69. The number of rotatable bonds is 4. The minimum atomic E-state index is -0.926.